The van der Waals surface area contributed by atoms with E-state index in [1.165, 1.54) is 17.4 Å². The van der Waals surface area contributed by atoms with Crippen LogP contribution >= 0.6 is 34.5 Å². The van der Waals surface area contributed by atoms with Crippen LogP contribution in [-0.4, -0.2) is 11.2 Å². The summed E-state index contributed by atoms with van der Waals surface area (Å²) < 4.78 is 19.6. The zero-order valence-electron chi connectivity index (χ0n) is 13.7. The van der Waals surface area contributed by atoms with Crippen LogP contribution in [0.5, 0.6) is 5.75 Å². The number of hydrazone groups is 1. The van der Waals surface area contributed by atoms with Crippen molar-refractivity contribution in [2.24, 2.45) is 5.10 Å². The molecule has 26 heavy (non-hydrogen) atoms. The smallest absolute Gasteiger partial charge is 0.203 e. The van der Waals surface area contributed by atoms with Gasteiger partial charge >= 0.3 is 0 Å². The second-order valence-electron chi connectivity index (χ2n) is 5.34. The molecule has 0 bridgehead atoms. The first kappa shape index (κ1) is 18.6. The summed E-state index contributed by atoms with van der Waals surface area (Å²) in [6.45, 7) is 1.90. The van der Waals surface area contributed by atoms with E-state index in [1.54, 1.807) is 36.5 Å². The maximum absolute atomic E-state index is 13.9. The number of ether oxygens (including phenoxy) is 1. The Morgan fingerprint density at radius 2 is 2.15 bits per heavy atom. The number of nitrogens with one attached hydrogen (secondary N) is 1. The van der Waals surface area contributed by atoms with Gasteiger partial charge in [-0.15, -0.1) is 11.3 Å². The van der Waals surface area contributed by atoms with Gasteiger partial charge in [0.2, 0.25) is 5.13 Å². The van der Waals surface area contributed by atoms with Gasteiger partial charge in [0.05, 0.1) is 16.9 Å². The molecular formula is C18H14Cl2FN3OS. The van der Waals surface area contributed by atoms with Crippen molar-refractivity contribution in [3.05, 3.63) is 74.5 Å². The largest absolute Gasteiger partial charge is 0.488 e. The van der Waals surface area contributed by atoms with Crippen molar-refractivity contribution in [1.82, 2.24) is 4.98 Å². The normalized spacial score (nSPS) is 11.1. The number of nitrogens with zero attached hydrogens (tertiary/aromatic N) is 2. The standard InChI is InChI=1S/C18H14Cl2FN3OS/c1-11-10-26-18(23-11)24-22-8-12-7-13(19)5-6-17(12)25-9-14-15(20)3-2-4-16(14)21/h2-8,10H,9H2,1H3,(H,23,24). The molecular weight excluding hydrogens is 396 g/mol. The first-order chi connectivity index (χ1) is 12.5. The van der Waals surface area contributed by atoms with E-state index < -0.39 is 5.82 Å². The third-order valence-corrected chi connectivity index (χ3v) is 4.84. The van der Waals surface area contributed by atoms with Crippen LogP contribution in [0.2, 0.25) is 10.0 Å². The molecule has 1 N–H and O–H groups in total. The fourth-order valence-electron chi connectivity index (χ4n) is 2.13. The average molecular weight is 410 g/mol. The molecule has 0 fully saturated rings. The number of anilines is 1. The number of halogens is 3. The lowest BCUT2D eigenvalue weighted by atomic mass is 10.2. The molecule has 0 saturated heterocycles. The lowest BCUT2D eigenvalue weighted by Gasteiger charge is -2.11. The molecule has 0 spiro atoms. The first-order valence-corrected chi connectivity index (χ1v) is 9.23. The second-order valence-corrected chi connectivity index (χ2v) is 7.04. The summed E-state index contributed by atoms with van der Waals surface area (Å²) in [5.74, 6) is 0.0945. The molecule has 0 radical (unpaired) electrons. The molecule has 134 valence electrons. The van der Waals surface area contributed by atoms with Gasteiger partial charge in [0, 0.05) is 21.5 Å². The summed E-state index contributed by atoms with van der Waals surface area (Å²) in [4.78, 5) is 4.26. The molecule has 0 aliphatic heterocycles. The molecule has 2 aromatic carbocycles. The van der Waals surface area contributed by atoms with Crippen molar-refractivity contribution in [3.63, 3.8) is 0 Å². The van der Waals surface area contributed by atoms with Gasteiger partial charge in [-0.3, -0.25) is 5.43 Å². The summed E-state index contributed by atoms with van der Waals surface area (Å²) in [6.07, 6.45) is 1.57. The Labute approximate surface area is 164 Å². The summed E-state index contributed by atoms with van der Waals surface area (Å²) in [5.41, 5.74) is 4.71. The summed E-state index contributed by atoms with van der Waals surface area (Å²) in [6, 6.07) is 9.61. The Morgan fingerprint density at radius 3 is 2.88 bits per heavy atom. The highest BCUT2D eigenvalue weighted by atomic mass is 35.5. The molecule has 0 unspecified atom stereocenters. The molecule has 8 heteroatoms. The van der Waals surface area contributed by atoms with Crippen molar-refractivity contribution in [1.29, 1.82) is 0 Å². The Morgan fingerprint density at radius 1 is 1.31 bits per heavy atom. The zero-order valence-corrected chi connectivity index (χ0v) is 16.0. The van der Waals surface area contributed by atoms with Crippen LogP contribution in [0.1, 0.15) is 16.8 Å². The lowest BCUT2D eigenvalue weighted by molar-refractivity contribution is 0.299. The molecule has 3 rings (SSSR count). The van der Waals surface area contributed by atoms with Crippen LogP contribution in [-0.2, 0) is 6.61 Å². The number of thiazole rings is 1. The van der Waals surface area contributed by atoms with E-state index in [0.29, 0.717) is 32.1 Å². The van der Waals surface area contributed by atoms with E-state index in [4.69, 9.17) is 27.9 Å². The summed E-state index contributed by atoms with van der Waals surface area (Å²) >= 11 is 13.5. The fourth-order valence-corrected chi connectivity index (χ4v) is 3.17. The van der Waals surface area contributed by atoms with Crippen molar-refractivity contribution in [2.45, 2.75) is 13.5 Å². The van der Waals surface area contributed by atoms with Gasteiger partial charge in [-0.1, -0.05) is 29.3 Å². The van der Waals surface area contributed by atoms with Gasteiger partial charge in [0.15, 0.2) is 0 Å². The Balaban J connectivity index is 1.75. The molecule has 4 nitrogen and oxygen atoms in total. The predicted molar refractivity (Wildman–Crippen MR) is 105 cm³/mol. The highest BCUT2D eigenvalue weighted by molar-refractivity contribution is 7.13. The van der Waals surface area contributed by atoms with Gasteiger partial charge in [-0.2, -0.15) is 5.10 Å². The molecule has 0 aliphatic carbocycles. The molecule has 0 saturated carbocycles. The SMILES string of the molecule is Cc1csc(NN=Cc2cc(Cl)ccc2OCc2c(F)cccc2Cl)n1. The minimum Gasteiger partial charge on any atom is -0.488 e. The third-order valence-electron chi connectivity index (χ3n) is 3.39. The molecule has 0 amide bonds. The highest BCUT2D eigenvalue weighted by Crippen LogP contribution is 2.25. The van der Waals surface area contributed by atoms with Crippen LogP contribution in [0.25, 0.3) is 0 Å². The van der Waals surface area contributed by atoms with Crippen LogP contribution < -0.4 is 10.2 Å². The Kier molecular flexibility index (Phi) is 6.08. The van der Waals surface area contributed by atoms with Gasteiger partial charge < -0.3 is 4.74 Å². The number of hydrogen-bond acceptors (Lipinski definition) is 5. The van der Waals surface area contributed by atoms with Crippen LogP contribution in [0.3, 0.4) is 0 Å². The minimum atomic E-state index is -0.414. The van der Waals surface area contributed by atoms with Crippen molar-refractivity contribution < 1.29 is 9.13 Å². The van der Waals surface area contributed by atoms with Crippen molar-refractivity contribution in [2.75, 3.05) is 5.43 Å². The molecule has 3 aromatic rings. The predicted octanol–water partition coefficient (Wildman–Crippen LogP) is 5.92. The summed E-state index contributed by atoms with van der Waals surface area (Å²) in [7, 11) is 0. The maximum atomic E-state index is 13.9. The topological polar surface area (TPSA) is 46.5 Å². The van der Waals surface area contributed by atoms with E-state index in [2.05, 4.69) is 15.5 Å². The van der Waals surface area contributed by atoms with Crippen LogP contribution in [0, 0.1) is 12.7 Å². The van der Waals surface area contributed by atoms with E-state index in [1.807, 2.05) is 12.3 Å². The van der Waals surface area contributed by atoms with E-state index in [0.717, 1.165) is 5.69 Å². The van der Waals surface area contributed by atoms with Gasteiger partial charge in [0.1, 0.15) is 18.2 Å². The van der Waals surface area contributed by atoms with E-state index in [9.17, 15) is 4.39 Å². The lowest BCUT2D eigenvalue weighted by Crippen LogP contribution is -2.02. The molecule has 0 aliphatic rings. The first-order valence-electron chi connectivity index (χ1n) is 7.59. The van der Waals surface area contributed by atoms with E-state index >= 15 is 0 Å². The van der Waals surface area contributed by atoms with Crippen molar-refractivity contribution >= 4 is 45.9 Å². The van der Waals surface area contributed by atoms with Gasteiger partial charge in [0.25, 0.3) is 0 Å². The number of hydrogen-bond donors (Lipinski definition) is 1. The van der Waals surface area contributed by atoms with E-state index in [-0.39, 0.29) is 6.61 Å². The maximum Gasteiger partial charge on any atom is 0.203 e. The number of aromatic nitrogens is 1. The average Bonchev–Trinajstić information content (AvgIpc) is 3.01. The zero-order chi connectivity index (χ0) is 18.5. The fraction of sp³-hybridized carbons (Fsp3) is 0.111. The van der Waals surface area contributed by atoms with Crippen molar-refractivity contribution in [3.8, 4) is 5.75 Å². The molecule has 1 aromatic heterocycles. The minimum absolute atomic E-state index is 0.00686. The Bertz CT molecular complexity index is 926. The Hall–Kier alpha value is -2.15. The van der Waals surface area contributed by atoms with Crippen LogP contribution in [0.4, 0.5) is 9.52 Å². The molecule has 1 heterocycles. The number of benzene rings is 2. The number of rotatable bonds is 6. The quantitative estimate of drug-likeness (QED) is 0.405. The highest BCUT2D eigenvalue weighted by Gasteiger charge is 2.10. The monoisotopic (exact) mass is 409 g/mol. The third kappa shape index (κ3) is 4.72. The number of aryl methyl sites for hydroxylation is 1. The molecule has 0 atom stereocenters. The van der Waals surface area contributed by atoms with Gasteiger partial charge in [-0.05, 0) is 37.3 Å². The second kappa shape index (κ2) is 8.49. The van der Waals surface area contributed by atoms with Crippen LogP contribution in [0.15, 0.2) is 46.9 Å². The van der Waals surface area contributed by atoms with Gasteiger partial charge in [-0.25, -0.2) is 9.37 Å². The summed E-state index contributed by atoms with van der Waals surface area (Å²) in [5, 5.41) is 7.60.